The van der Waals surface area contributed by atoms with Crippen molar-refractivity contribution in [2.24, 2.45) is 0 Å². The van der Waals surface area contributed by atoms with Crippen molar-refractivity contribution < 1.29 is 13.2 Å². The SMILES string of the molecule is CCS(=O)(=O)Nc1ccccc1Oc1cccc(C)c1. The Kier molecular flexibility index (Phi) is 4.29. The van der Waals surface area contributed by atoms with Crippen LogP contribution in [-0.2, 0) is 10.0 Å². The summed E-state index contributed by atoms with van der Waals surface area (Å²) >= 11 is 0. The molecular weight excluding hydrogens is 274 g/mol. The minimum Gasteiger partial charge on any atom is -0.455 e. The van der Waals surface area contributed by atoms with Crippen LogP contribution in [0.1, 0.15) is 12.5 Å². The lowest BCUT2D eigenvalue weighted by molar-refractivity contribution is 0.484. The van der Waals surface area contributed by atoms with Crippen molar-refractivity contribution in [3.05, 3.63) is 54.1 Å². The minimum absolute atomic E-state index is 0.0196. The second kappa shape index (κ2) is 5.96. The summed E-state index contributed by atoms with van der Waals surface area (Å²) in [4.78, 5) is 0. The number of nitrogens with one attached hydrogen (secondary N) is 1. The van der Waals surface area contributed by atoms with Gasteiger partial charge in [0.2, 0.25) is 10.0 Å². The van der Waals surface area contributed by atoms with Gasteiger partial charge in [-0.3, -0.25) is 4.72 Å². The van der Waals surface area contributed by atoms with Crippen molar-refractivity contribution in [3.8, 4) is 11.5 Å². The summed E-state index contributed by atoms with van der Waals surface area (Å²) in [5, 5.41) is 0. The molecule has 0 spiro atoms. The molecule has 2 aromatic rings. The molecule has 0 saturated heterocycles. The van der Waals surface area contributed by atoms with E-state index in [2.05, 4.69) is 4.72 Å². The van der Waals surface area contributed by atoms with Gasteiger partial charge < -0.3 is 4.74 Å². The van der Waals surface area contributed by atoms with Crippen LogP contribution in [0.4, 0.5) is 5.69 Å². The summed E-state index contributed by atoms with van der Waals surface area (Å²) in [6.07, 6.45) is 0. The fourth-order valence-corrected chi connectivity index (χ4v) is 2.33. The summed E-state index contributed by atoms with van der Waals surface area (Å²) in [7, 11) is -3.33. The monoisotopic (exact) mass is 291 g/mol. The fraction of sp³-hybridized carbons (Fsp3) is 0.200. The molecule has 0 aliphatic carbocycles. The van der Waals surface area contributed by atoms with Crippen molar-refractivity contribution in [1.82, 2.24) is 0 Å². The number of para-hydroxylation sites is 2. The first-order chi connectivity index (χ1) is 9.50. The highest BCUT2D eigenvalue weighted by Gasteiger charge is 2.11. The van der Waals surface area contributed by atoms with Crippen LogP contribution in [0.3, 0.4) is 0 Å². The molecule has 0 aliphatic rings. The summed E-state index contributed by atoms with van der Waals surface area (Å²) in [6.45, 7) is 3.56. The summed E-state index contributed by atoms with van der Waals surface area (Å²) in [5.74, 6) is 1.18. The third-order valence-electron chi connectivity index (χ3n) is 2.75. The van der Waals surface area contributed by atoms with E-state index in [1.807, 2.05) is 31.2 Å². The van der Waals surface area contributed by atoms with Gasteiger partial charge in [0.1, 0.15) is 5.75 Å². The third kappa shape index (κ3) is 3.74. The van der Waals surface area contributed by atoms with E-state index < -0.39 is 10.0 Å². The van der Waals surface area contributed by atoms with Gasteiger partial charge >= 0.3 is 0 Å². The van der Waals surface area contributed by atoms with E-state index in [1.165, 1.54) is 0 Å². The first-order valence-corrected chi connectivity index (χ1v) is 7.99. The van der Waals surface area contributed by atoms with Crippen molar-refractivity contribution >= 4 is 15.7 Å². The number of anilines is 1. The van der Waals surface area contributed by atoms with Crippen LogP contribution < -0.4 is 9.46 Å². The van der Waals surface area contributed by atoms with Crippen LogP contribution >= 0.6 is 0 Å². The first kappa shape index (κ1) is 14.4. The molecule has 1 N–H and O–H groups in total. The second-order valence-electron chi connectivity index (χ2n) is 4.42. The lowest BCUT2D eigenvalue weighted by atomic mass is 10.2. The Morgan fingerprint density at radius 3 is 2.55 bits per heavy atom. The number of benzene rings is 2. The molecule has 0 atom stereocenters. The molecule has 0 radical (unpaired) electrons. The molecule has 0 fully saturated rings. The number of sulfonamides is 1. The summed E-state index contributed by atoms with van der Waals surface area (Å²) < 4.78 is 31.6. The topological polar surface area (TPSA) is 55.4 Å². The Hall–Kier alpha value is -2.01. The molecule has 5 heteroatoms. The van der Waals surface area contributed by atoms with Gasteiger partial charge in [0, 0.05) is 0 Å². The molecule has 2 aromatic carbocycles. The first-order valence-electron chi connectivity index (χ1n) is 6.34. The smallest absolute Gasteiger partial charge is 0.232 e. The maximum absolute atomic E-state index is 11.7. The highest BCUT2D eigenvalue weighted by molar-refractivity contribution is 7.92. The Bertz CT molecular complexity index is 696. The van der Waals surface area contributed by atoms with Crippen LogP contribution in [0.25, 0.3) is 0 Å². The highest BCUT2D eigenvalue weighted by Crippen LogP contribution is 2.30. The van der Waals surface area contributed by atoms with E-state index in [0.717, 1.165) is 5.56 Å². The summed E-state index contributed by atoms with van der Waals surface area (Å²) in [6, 6.07) is 14.6. The highest BCUT2D eigenvalue weighted by atomic mass is 32.2. The van der Waals surface area contributed by atoms with E-state index >= 15 is 0 Å². The van der Waals surface area contributed by atoms with Crippen LogP contribution in [0.15, 0.2) is 48.5 Å². The maximum Gasteiger partial charge on any atom is 0.232 e. The van der Waals surface area contributed by atoms with Crippen molar-refractivity contribution in [2.45, 2.75) is 13.8 Å². The van der Waals surface area contributed by atoms with E-state index in [-0.39, 0.29) is 5.75 Å². The number of ether oxygens (including phenoxy) is 1. The molecule has 0 bridgehead atoms. The largest absolute Gasteiger partial charge is 0.455 e. The molecule has 20 heavy (non-hydrogen) atoms. The Balaban J connectivity index is 2.29. The average molecular weight is 291 g/mol. The Labute approximate surface area is 119 Å². The van der Waals surface area contributed by atoms with Gasteiger partial charge in [0.05, 0.1) is 11.4 Å². The van der Waals surface area contributed by atoms with Gasteiger partial charge in [-0.15, -0.1) is 0 Å². The van der Waals surface area contributed by atoms with Crippen LogP contribution in [0, 0.1) is 6.92 Å². The average Bonchev–Trinajstić information content (AvgIpc) is 2.41. The molecule has 4 nitrogen and oxygen atoms in total. The second-order valence-corrected chi connectivity index (χ2v) is 6.43. The number of hydrogen-bond acceptors (Lipinski definition) is 3. The molecule has 2 rings (SSSR count). The number of aryl methyl sites for hydroxylation is 1. The van der Waals surface area contributed by atoms with Crippen LogP contribution in [0.5, 0.6) is 11.5 Å². The predicted octanol–water partition coefficient (Wildman–Crippen LogP) is 3.55. The van der Waals surface area contributed by atoms with Crippen LogP contribution in [0.2, 0.25) is 0 Å². The van der Waals surface area contributed by atoms with Gasteiger partial charge in [-0.1, -0.05) is 24.3 Å². The molecule has 0 amide bonds. The lowest BCUT2D eigenvalue weighted by Gasteiger charge is -2.12. The van der Waals surface area contributed by atoms with E-state index in [0.29, 0.717) is 17.2 Å². The van der Waals surface area contributed by atoms with Gasteiger partial charge in [-0.2, -0.15) is 0 Å². The van der Waals surface area contributed by atoms with Crippen molar-refractivity contribution in [2.75, 3.05) is 10.5 Å². The zero-order valence-electron chi connectivity index (χ0n) is 11.5. The van der Waals surface area contributed by atoms with Crippen molar-refractivity contribution in [1.29, 1.82) is 0 Å². The molecule has 0 saturated carbocycles. The molecule has 106 valence electrons. The zero-order valence-corrected chi connectivity index (χ0v) is 12.3. The van der Waals surface area contributed by atoms with E-state index in [9.17, 15) is 8.42 Å². The molecule has 0 aliphatic heterocycles. The van der Waals surface area contributed by atoms with Gasteiger partial charge in [0.15, 0.2) is 5.75 Å². The van der Waals surface area contributed by atoms with Crippen molar-refractivity contribution in [3.63, 3.8) is 0 Å². The standard InChI is InChI=1S/C15H17NO3S/c1-3-20(17,18)16-14-9-4-5-10-15(14)19-13-8-6-7-12(2)11-13/h4-11,16H,3H2,1-2H3. The van der Waals surface area contributed by atoms with Gasteiger partial charge in [-0.25, -0.2) is 8.42 Å². The molecular formula is C15H17NO3S. The number of rotatable bonds is 5. The number of hydrogen-bond donors (Lipinski definition) is 1. The minimum atomic E-state index is -3.33. The molecule has 0 unspecified atom stereocenters. The predicted molar refractivity (Wildman–Crippen MR) is 80.8 cm³/mol. The van der Waals surface area contributed by atoms with Gasteiger partial charge in [0.25, 0.3) is 0 Å². The molecule has 0 heterocycles. The maximum atomic E-state index is 11.7. The third-order valence-corrected chi connectivity index (χ3v) is 4.04. The van der Waals surface area contributed by atoms with Crippen LogP contribution in [-0.4, -0.2) is 14.2 Å². The lowest BCUT2D eigenvalue weighted by Crippen LogP contribution is -2.15. The summed E-state index contributed by atoms with van der Waals surface area (Å²) in [5.41, 5.74) is 1.52. The quantitative estimate of drug-likeness (QED) is 0.916. The molecule has 0 aromatic heterocycles. The normalized spacial score (nSPS) is 11.1. The van der Waals surface area contributed by atoms with Gasteiger partial charge in [-0.05, 0) is 43.7 Å². The van der Waals surface area contributed by atoms with E-state index in [1.54, 1.807) is 31.2 Å². The Morgan fingerprint density at radius 1 is 1.10 bits per heavy atom. The Morgan fingerprint density at radius 2 is 1.85 bits per heavy atom. The zero-order chi connectivity index (χ0) is 14.6. The fourth-order valence-electron chi connectivity index (χ4n) is 1.69. The van der Waals surface area contributed by atoms with E-state index in [4.69, 9.17) is 4.74 Å².